The summed E-state index contributed by atoms with van der Waals surface area (Å²) in [7, 11) is 0. The average molecular weight is 259 g/mol. The Hall–Kier alpha value is -3.10. The number of aromatic nitrogens is 3. The van der Waals surface area contributed by atoms with Crippen LogP contribution < -0.4 is 0 Å². The minimum atomic E-state index is -0.810. The summed E-state index contributed by atoms with van der Waals surface area (Å²) in [5, 5.41) is 32.5. The van der Waals surface area contributed by atoms with Crippen molar-refractivity contribution in [1.29, 1.82) is 0 Å². The predicted molar refractivity (Wildman–Crippen MR) is 64.7 cm³/mol. The average Bonchev–Trinajstić information content (AvgIpc) is 2.85. The molecule has 0 atom stereocenters. The van der Waals surface area contributed by atoms with Gasteiger partial charge in [-0.3, -0.25) is 25.3 Å². The number of aromatic amines is 1. The van der Waals surface area contributed by atoms with E-state index >= 15 is 0 Å². The van der Waals surface area contributed by atoms with Crippen molar-refractivity contribution >= 4 is 33.2 Å². The smallest absolute Gasteiger partial charge is 0.258 e. The molecule has 1 heterocycles. The Morgan fingerprint density at radius 3 is 2.26 bits per heavy atom. The van der Waals surface area contributed by atoms with Crippen molar-refractivity contribution in [3.05, 3.63) is 44.5 Å². The molecule has 0 amide bonds. The van der Waals surface area contributed by atoms with E-state index in [9.17, 15) is 20.2 Å². The molecule has 3 rings (SSSR count). The van der Waals surface area contributed by atoms with Crippen molar-refractivity contribution in [2.75, 3.05) is 0 Å². The van der Waals surface area contributed by atoms with Crippen molar-refractivity contribution < 1.29 is 9.85 Å². The third kappa shape index (κ3) is 1.41. The quantitative estimate of drug-likeness (QED) is 0.553. The lowest BCUT2D eigenvalue weighted by atomic mass is 10.1. The molecule has 0 saturated carbocycles. The molecular weight excluding hydrogens is 254 g/mol. The summed E-state index contributed by atoms with van der Waals surface area (Å²) in [5.41, 5.74) is -1.02. The normalized spacial score (nSPS) is 10.9. The van der Waals surface area contributed by atoms with Gasteiger partial charge in [-0.2, -0.15) is 0 Å². The summed E-state index contributed by atoms with van der Waals surface area (Å²) in [5.74, 6) is 0. The van der Waals surface area contributed by atoms with Crippen LogP contribution in [-0.2, 0) is 0 Å². The van der Waals surface area contributed by atoms with Crippen molar-refractivity contribution in [2.45, 2.75) is 0 Å². The van der Waals surface area contributed by atoms with Gasteiger partial charge in [0.05, 0.1) is 15.2 Å². The van der Waals surface area contributed by atoms with Gasteiger partial charge in [0.2, 0.25) is 0 Å². The van der Waals surface area contributed by atoms with E-state index in [1.807, 2.05) is 0 Å². The lowest BCUT2D eigenvalue weighted by Crippen LogP contribution is -1.99. The lowest BCUT2D eigenvalue weighted by Gasteiger charge is -2.01. The number of nitrogens with zero attached hydrogens (tertiary/aromatic N) is 4. The van der Waals surface area contributed by atoms with Crippen LogP contribution in [-0.4, -0.2) is 25.3 Å². The van der Waals surface area contributed by atoms with E-state index in [2.05, 4.69) is 15.4 Å². The van der Waals surface area contributed by atoms with Gasteiger partial charge in [0.1, 0.15) is 5.52 Å². The summed E-state index contributed by atoms with van der Waals surface area (Å²) in [4.78, 5) is 20.7. The van der Waals surface area contributed by atoms with Crippen molar-refractivity contribution in [1.82, 2.24) is 15.4 Å². The van der Waals surface area contributed by atoms with Crippen LogP contribution in [0.2, 0.25) is 0 Å². The molecule has 2 aromatic carbocycles. The molecule has 0 radical (unpaired) electrons. The second-order valence-electron chi connectivity index (χ2n) is 3.79. The van der Waals surface area contributed by atoms with Gasteiger partial charge in [-0.05, 0) is 6.07 Å². The van der Waals surface area contributed by atoms with Crippen LogP contribution in [0.25, 0.3) is 21.8 Å². The summed E-state index contributed by atoms with van der Waals surface area (Å²) in [6.07, 6.45) is 0. The van der Waals surface area contributed by atoms with Crippen molar-refractivity contribution in [3.63, 3.8) is 0 Å². The molecule has 94 valence electrons. The Labute approximate surface area is 104 Å². The highest BCUT2D eigenvalue weighted by atomic mass is 16.6. The molecule has 1 N–H and O–H groups in total. The Morgan fingerprint density at radius 2 is 1.63 bits per heavy atom. The topological polar surface area (TPSA) is 128 Å². The summed E-state index contributed by atoms with van der Waals surface area (Å²) in [6.45, 7) is 0. The highest BCUT2D eigenvalue weighted by Crippen LogP contribution is 2.40. The fraction of sp³-hybridized carbons (Fsp3) is 0. The number of nitrogens with one attached hydrogen (secondary N) is 1. The zero-order chi connectivity index (χ0) is 13.6. The number of benzene rings is 2. The standard InChI is InChI=1S/C10H5N5O4/c16-14(17)9-6-4-2-1-3-5(6)7-8(12-13-11-7)10(9)15(18)19/h1-4H,(H,11,12,13). The van der Waals surface area contributed by atoms with E-state index in [0.717, 1.165) is 0 Å². The highest BCUT2D eigenvalue weighted by Gasteiger charge is 2.33. The van der Waals surface area contributed by atoms with Crippen molar-refractivity contribution in [2.24, 2.45) is 0 Å². The van der Waals surface area contributed by atoms with Gasteiger partial charge in [0.15, 0.2) is 5.52 Å². The third-order valence-electron chi connectivity index (χ3n) is 2.81. The molecule has 3 aromatic rings. The lowest BCUT2D eigenvalue weighted by molar-refractivity contribution is -0.420. The van der Waals surface area contributed by atoms with Crippen molar-refractivity contribution in [3.8, 4) is 0 Å². The molecule has 0 fully saturated rings. The molecule has 9 heteroatoms. The zero-order valence-electron chi connectivity index (χ0n) is 9.23. The predicted octanol–water partition coefficient (Wildman–Crippen LogP) is 1.93. The van der Waals surface area contributed by atoms with E-state index in [1.165, 1.54) is 6.07 Å². The van der Waals surface area contributed by atoms with E-state index in [0.29, 0.717) is 10.9 Å². The second-order valence-corrected chi connectivity index (χ2v) is 3.79. The van der Waals surface area contributed by atoms with Gasteiger partial charge < -0.3 is 0 Å². The molecule has 19 heavy (non-hydrogen) atoms. The molecule has 0 saturated heterocycles. The monoisotopic (exact) mass is 259 g/mol. The van der Waals surface area contributed by atoms with E-state index < -0.39 is 21.2 Å². The molecule has 0 spiro atoms. The maximum Gasteiger partial charge on any atom is 0.376 e. The molecule has 9 nitrogen and oxygen atoms in total. The zero-order valence-corrected chi connectivity index (χ0v) is 9.23. The number of nitro groups is 2. The number of hydrogen-bond acceptors (Lipinski definition) is 6. The van der Waals surface area contributed by atoms with Crippen LogP contribution in [0.4, 0.5) is 11.4 Å². The van der Waals surface area contributed by atoms with Crippen LogP contribution >= 0.6 is 0 Å². The number of rotatable bonds is 2. The first-order valence-corrected chi connectivity index (χ1v) is 5.15. The summed E-state index contributed by atoms with van der Waals surface area (Å²) >= 11 is 0. The molecule has 0 unspecified atom stereocenters. The molecule has 0 aliphatic carbocycles. The van der Waals surface area contributed by atoms with Gasteiger partial charge in [0.25, 0.3) is 0 Å². The maximum atomic E-state index is 11.1. The second kappa shape index (κ2) is 3.70. The van der Waals surface area contributed by atoms with Gasteiger partial charge in [0, 0.05) is 5.39 Å². The Kier molecular flexibility index (Phi) is 2.14. The van der Waals surface area contributed by atoms with Gasteiger partial charge in [-0.15, -0.1) is 5.10 Å². The van der Waals surface area contributed by atoms with Crippen LogP contribution in [0.5, 0.6) is 0 Å². The minimum Gasteiger partial charge on any atom is -0.258 e. The van der Waals surface area contributed by atoms with Gasteiger partial charge in [-0.25, -0.2) is 0 Å². The van der Waals surface area contributed by atoms with E-state index in [1.54, 1.807) is 18.2 Å². The molecule has 0 aliphatic rings. The number of hydrogen-bond donors (Lipinski definition) is 1. The van der Waals surface area contributed by atoms with Crippen LogP contribution in [0, 0.1) is 20.2 Å². The number of fused-ring (bicyclic) bond motifs is 3. The first-order chi connectivity index (χ1) is 9.11. The largest absolute Gasteiger partial charge is 0.376 e. The van der Waals surface area contributed by atoms with Gasteiger partial charge in [-0.1, -0.05) is 23.4 Å². The fourth-order valence-electron chi connectivity index (χ4n) is 2.09. The first-order valence-electron chi connectivity index (χ1n) is 5.15. The van der Waals surface area contributed by atoms with E-state index in [-0.39, 0.29) is 10.9 Å². The molecule has 1 aromatic heterocycles. The Morgan fingerprint density at radius 1 is 1.00 bits per heavy atom. The van der Waals surface area contributed by atoms with Gasteiger partial charge >= 0.3 is 11.4 Å². The van der Waals surface area contributed by atoms with Crippen LogP contribution in [0.3, 0.4) is 0 Å². The van der Waals surface area contributed by atoms with E-state index in [4.69, 9.17) is 0 Å². The summed E-state index contributed by atoms with van der Waals surface area (Å²) < 4.78 is 0. The van der Waals surface area contributed by atoms with Crippen LogP contribution in [0.15, 0.2) is 24.3 Å². The maximum absolute atomic E-state index is 11.1. The Bertz CT molecular complexity index is 840. The Balaban J connectivity index is 2.68. The number of H-pyrrole nitrogens is 1. The third-order valence-corrected chi connectivity index (χ3v) is 2.81. The molecular formula is C10H5N5O4. The summed E-state index contributed by atoms with van der Waals surface area (Å²) in [6, 6.07) is 6.34. The molecule has 0 aliphatic heterocycles. The fourth-order valence-corrected chi connectivity index (χ4v) is 2.09. The number of nitro benzene ring substituents is 2. The first kappa shape index (κ1) is 11.0. The van der Waals surface area contributed by atoms with Crippen LogP contribution in [0.1, 0.15) is 0 Å². The highest BCUT2D eigenvalue weighted by molar-refractivity contribution is 6.13. The minimum absolute atomic E-state index is 0.115. The molecule has 0 bridgehead atoms. The SMILES string of the molecule is O=[N+]([O-])c1c([N+](=O)[O-])c2nn[nH]c2c2ccccc12.